The summed E-state index contributed by atoms with van der Waals surface area (Å²) in [6, 6.07) is 2.75. The summed E-state index contributed by atoms with van der Waals surface area (Å²) in [4.78, 5) is 0. The summed E-state index contributed by atoms with van der Waals surface area (Å²) in [5, 5.41) is 9.06. The molecule has 1 nitrogen and oxygen atoms in total. The van der Waals surface area contributed by atoms with Crippen LogP contribution in [-0.2, 0) is 0 Å². The standard InChI is InChI=1S/C8H9FO/c1-5-4-8(10)6(2)3-7(5)9/h3-4,10H,1-2H3. The molecule has 1 N–H and O–H groups in total. The second-order valence-corrected chi connectivity index (χ2v) is 2.39. The molecule has 0 bridgehead atoms. The molecule has 2 heteroatoms. The first kappa shape index (κ1) is 7.06. The summed E-state index contributed by atoms with van der Waals surface area (Å²) in [6.45, 7) is 3.28. The van der Waals surface area contributed by atoms with Gasteiger partial charge in [-0.1, -0.05) is 0 Å². The van der Waals surface area contributed by atoms with Crippen LogP contribution >= 0.6 is 0 Å². The summed E-state index contributed by atoms with van der Waals surface area (Å²) in [7, 11) is 0. The second-order valence-electron chi connectivity index (χ2n) is 2.39. The molecule has 0 spiro atoms. The Bertz CT molecular complexity index is 205. The molecule has 0 aliphatic rings. The molecule has 54 valence electrons. The van der Waals surface area contributed by atoms with Crippen LogP contribution < -0.4 is 0 Å². The highest BCUT2D eigenvalue weighted by Gasteiger charge is 2.00. The third kappa shape index (κ3) is 1.10. The number of halogens is 1. The minimum absolute atomic E-state index is 0.152. The fraction of sp³-hybridized carbons (Fsp3) is 0.250. The molecule has 1 aromatic carbocycles. The summed E-state index contributed by atoms with van der Waals surface area (Å²) in [6.07, 6.45) is 0. The van der Waals surface area contributed by atoms with E-state index in [4.69, 9.17) is 5.11 Å². The van der Waals surface area contributed by atoms with Gasteiger partial charge in [-0.3, -0.25) is 0 Å². The molecule has 0 fully saturated rings. The third-order valence-corrected chi connectivity index (χ3v) is 1.48. The maximum atomic E-state index is 12.6. The number of aromatic hydroxyl groups is 1. The normalized spacial score (nSPS) is 9.90. The van der Waals surface area contributed by atoms with Crippen molar-refractivity contribution >= 4 is 0 Å². The van der Waals surface area contributed by atoms with Crippen molar-refractivity contribution in [1.29, 1.82) is 0 Å². The van der Waals surface area contributed by atoms with E-state index in [1.807, 2.05) is 0 Å². The molecule has 0 saturated carbocycles. The molecule has 0 aliphatic heterocycles. The molecule has 0 unspecified atom stereocenters. The Morgan fingerprint density at radius 1 is 1.20 bits per heavy atom. The quantitative estimate of drug-likeness (QED) is 0.585. The Morgan fingerprint density at radius 2 is 1.80 bits per heavy atom. The van der Waals surface area contributed by atoms with E-state index >= 15 is 0 Å². The molecule has 0 saturated heterocycles. The monoisotopic (exact) mass is 140 g/mol. The molecule has 10 heavy (non-hydrogen) atoms. The summed E-state index contributed by atoms with van der Waals surface area (Å²) < 4.78 is 12.6. The summed E-state index contributed by atoms with van der Waals surface area (Å²) in [5.41, 5.74) is 1.05. The SMILES string of the molecule is Cc1cc(F)c(C)cc1O. The topological polar surface area (TPSA) is 20.2 Å². The zero-order valence-corrected chi connectivity index (χ0v) is 5.98. The Kier molecular flexibility index (Phi) is 1.62. The fourth-order valence-electron chi connectivity index (χ4n) is 0.766. The molecule has 0 radical (unpaired) electrons. The Balaban J connectivity index is 3.28. The van der Waals surface area contributed by atoms with Crippen LogP contribution in [0.15, 0.2) is 12.1 Å². The predicted octanol–water partition coefficient (Wildman–Crippen LogP) is 2.15. The van der Waals surface area contributed by atoms with Crippen LogP contribution in [0.2, 0.25) is 0 Å². The van der Waals surface area contributed by atoms with Crippen molar-refractivity contribution in [3.8, 4) is 5.75 Å². The number of rotatable bonds is 0. The van der Waals surface area contributed by atoms with E-state index in [1.54, 1.807) is 13.8 Å². The van der Waals surface area contributed by atoms with Crippen molar-refractivity contribution in [2.75, 3.05) is 0 Å². The van der Waals surface area contributed by atoms with Crippen molar-refractivity contribution in [2.45, 2.75) is 13.8 Å². The van der Waals surface area contributed by atoms with Gasteiger partial charge in [0.05, 0.1) is 0 Å². The van der Waals surface area contributed by atoms with Crippen LogP contribution in [0.4, 0.5) is 4.39 Å². The van der Waals surface area contributed by atoms with Gasteiger partial charge in [-0.15, -0.1) is 0 Å². The number of hydrogen-bond donors (Lipinski definition) is 1. The number of benzene rings is 1. The zero-order chi connectivity index (χ0) is 7.72. The minimum Gasteiger partial charge on any atom is -0.508 e. The summed E-state index contributed by atoms with van der Waals surface area (Å²) in [5.74, 6) is -0.116. The lowest BCUT2D eigenvalue weighted by Gasteiger charge is -2.00. The van der Waals surface area contributed by atoms with Crippen molar-refractivity contribution in [2.24, 2.45) is 0 Å². The van der Waals surface area contributed by atoms with Gasteiger partial charge in [-0.2, -0.15) is 0 Å². The van der Waals surface area contributed by atoms with Crippen molar-refractivity contribution < 1.29 is 9.50 Å². The van der Waals surface area contributed by atoms with Gasteiger partial charge in [0, 0.05) is 0 Å². The molecule has 0 atom stereocenters. The average Bonchev–Trinajstić information content (AvgIpc) is 1.84. The van der Waals surface area contributed by atoms with Crippen molar-refractivity contribution in [3.63, 3.8) is 0 Å². The number of hydrogen-bond acceptors (Lipinski definition) is 1. The first-order chi connectivity index (χ1) is 4.61. The van der Waals surface area contributed by atoms with Crippen LogP contribution in [0.1, 0.15) is 11.1 Å². The largest absolute Gasteiger partial charge is 0.508 e. The summed E-state index contributed by atoms with van der Waals surface area (Å²) >= 11 is 0. The Labute approximate surface area is 59.1 Å². The van der Waals surface area contributed by atoms with E-state index in [0.29, 0.717) is 11.1 Å². The highest BCUT2D eigenvalue weighted by atomic mass is 19.1. The second kappa shape index (κ2) is 2.29. The minimum atomic E-state index is -0.268. The van der Waals surface area contributed by atoms with Crippen LogP contribution in [-0.4, -0.2) is 5.11 Å². The van der Waals surface area contributed by atoms with Gasteiger partial charge in [-0.05, 0) is 37.1 Å². The molecule has 0 amide bonds. The van der Waals surface area contributed by atoms with Gasteiger partial charge < -0.3 is 5.11 Å². The van der Waals surface area contributed by atoms with Crippen LogP contribution in [0.25, 0.3) is 0 Å². The maximum Gasteiger partial charge on any atom is 0.126 e. The molecule has 0 aliphatic carbocycles. The lowest BCUT2D eigenvalue weighted by Crippen LogP contribution is -1.83. The van der Waals surface area contributed by atoms with Crippen LogP contribution in [0.5, 0.6) is 5.75 Å². The van der Waals surface area contributed by atoms with Crippen molar-refractivity contribution in [3.05, 3.63) is 29.1 Å². The molecule has 0 aromatic heterocycles. The Hall–Kier alpha value is -1.05. The van der Waals surface area contributed by atoms with E-state index in [0.717, 1.165) is 0 Å². The van der Waals surface area contributed by atoms with Gasteiger partial charge in [0.1, 0.15) is 11.6 Å². The highest BCUT2D eigenvalue weighted by molar-refractivity contribution is 5.35. The number of phenolic OH excluding ortho intramolecular Hbond substituents is 1. The fourth-order valence-corrected chi connectivity index (χ4v) is 0.766. The van der Waals surface area contributed by atoms with Gasteiger partial charge in [0.15, 0.2) is 0 Å². The van der Waals surface area contributed by atoms with E-state index in [-0.39, 0.29) is 11.6 Å². The van der Waals surface area contributed by atoms with Gasteiger partial charge in [0.2, 0.25) is 0 Å². The maximum absolute atomic E-state index is 12.6. The highest BCUT2D eigenvalue weighted by Crippen LogP contribution is 2.19. The average molecular weight is 140 g/mol. The molecule has 0 heterocycles. The first-order valence-corrected chi connectivity index (χ1v) is 3.07. The lowest BCUT2D eigenvalue weighted by molar-refractivity contribution is 0.467. The van der Waals surface area contributed by atoms with Crippen molar-refractivity contribution in [1.82, 2.24) is 0 Å². The lowest BCUT2D eigenvalue weighted by atomic mass is 10.1. The zero-order valence-electron chi connectivity index (χ0n) is 5.98. The van der Waals surface area contributed by atoms with E-state index < -0.39 is 0 Å². The number of aryl methyl sites for hydroxylation is 2. The first-order valence-electron chi connectivity index (χ1n) is 3.07. The molecular weight excluding hydrogens is 131 g/mol. The number of phenols is 1. The van der Waals surface area contributed by atoms with E-state index in [2.05, 4.69) is 0 Å². The van der Waals surface area contributed by atoms with E-state index in [1.165, 1.54) is 12.1 Å². The van der Waals surface area contributed by atoms with E-state index in [9.17, 15) is 4.39 Å². The third-order valence-electron chi connectivity index (χ3n) is 1.48. The molecule has 1 aromatic rings. The van der Waals surface area contributed by atoms with Gasteiger partial charge in [0.25, 0.3) is 0 Å². The van der Waals surface area contributed by atoms with Gasteiger partial charge >= 0.3 is 0 Å². The predicted molar refractivity (Wildman–Crippen MR) is 37.5 cm³/mol. The van der Waals surface area contributed by atoms with Gasteiger partial charge in [-0.25, -0.2) is 4.39 Å². The Morgan fingerprint density at radius 3 is 2.30 bits per heavy atom. The smallest absolute Gasteiger partial charge is 0.126 e. The molecule has 1 rings (SSSR count). The van der Waals surface area contributed by atoms with Crippen LogP contribution in [0, 0.1) is 19.7 Å². The van der Waals surface area contributed by atoms with Crippen LogP contribution in [0.3, 0.4) is 0 Å². The molecular formula is C8H9FO.